The molecular weight excluding hydrogens is 260 g/mol. The van der Waals surface area contributed by atoms with Crippen LogP contribution in [0.1, 0.15) is 30.8 Å². The fourth-order valence-electron chi connectivity index (χ4n) is 2.72. The lowest BCUT2D eigenvalue weighted by Gasteiger charge is -2.15. The van der Waals surface area contributed by atoms with Crippen LogP contribution in [0.15, 0.2) is 48.9 Å². The Bertz CT molecular complexity index is 727. The Kier molecular flexibility index (Phi) is 3.97. The molecular formula is C17H20N4. The summed E-state index contributed by atoms with van der Waals surface area (Å²) in [4.78, 5) is 8.84. The second-order valence-corrected chi connectivity index (χ2v) is 5.26. The SMILES string of the molecule is CCCn1ccnc1CC(N)c1ccnc2ccccc12. The molecule has 0 aliphatic heterocycles. The van der Waals surface area contributed by atoms with Gasteiger partial charge in [-0.05, 0) is 24.1 Å². The predicted octanol–water partition coefficient (Wildman–Crippen LogP) is 3.08. The summed E-state index contributed by atoms with van der Waals surface area (Å²) in [5, 5.41) is 1.13. The van der Waals surface area contributed by atoms with Crippen LogP contribution in [0.4, 0.5) is 0 Å². The van der Waals surface area contributed by atoms with E-state index in [1.807, 2.05) is 42.9 Å². The van der Waals surface area contributed by atoms with E-state index in [1.165, 1.54) is 0 Å². The molecule has 0 aliphatic rings. The highest BCUT2D eigenvalue weighted by Crippen LogP contribution is 2.23. The lowest BCUT2D eigenvalue weighted by Crippen LogP contribution is -2.17. The first-order valence-corrected chi connectivity index (χ1v) is 7.39. The van der Waals surface area contributed by atoms with Gasteiger partial charge in [-0.1, -0.05) is 25.1 Å². The van der Waals surface area contributed by atoms with Gasteiger partial charge in [0.25, 0.3) is 0 Å². The van der Waals surface area contributed by atoms with Crippen LogP contribution < -0.4 is 5.73 Å². The normalized spacial score (nSPS) is 12.7. The van der Waals surface area contributed by atoms with Gasteiger partial charge < -0.3 is 10.3 Å². The fraction of sp³-hybridized carbons (Fsp3) is 0.294. The van der Waals surface area contributed by atoms with Crippen molar-refractivity contribution in [2.45, 2.75) is 32.4 Å². The Hall–Kier alpha value is -2.20. The number of para-hydroxylation sites is 1. The van der Waals surface area contributed by atoms with Crippen molar-refractivity contribution in [3.05, 3.63) is 60.3 Å². The summed E-state index contributed by atoms with van der Waals surface area (Å²) < 4.78 is 2.18. The van der Waals surface area contributed by atoms with Crippen molar-refractivity contribution >= 4 is 10.9 Å². The second-order valence-electron chi connectivity index (χ2n) is 5.26. The van der Waals surface area contributed by atoms with Crippen molar-refractivity contribution in [2.75, 3.05) is 0 Å². The van der Waals surface area contributed by atoms with Crippen LogP contribution in [0.2, 0.25) is 0 Å². The third kappa shape index (κ3) is 2.81. The summed E-state index contributed by atoms with van der Waals surface area (Å²) in [7, 11) is 0. The third-order valence-corrected chi connectivity index (χ3v) is 3.75. The number of nitrogens with two attached hydrogens (primary N) is 1. The molecule has 4 nitrogen and oxygen atoms in total. The highest BCUT2D eigenvalue weighted by atomic mass is 15.1. The molecule has 108 valence electrons. The minimum Gasteiger partial charge on any atom is -0.335 e. The van der Waals surface area contributed by atoms with E-state index in [2.05, 4.69) is 27.5 Å². The van der Waals surface area contributed by atoms with E-state index in [4.69, 9.17) is 5.73 Å². The van der Waals surface area contributed by atoms with Crippen molar-refractivity contribution in [1.29, 1.82) is 0 Å². The van der Waals surface area contributed by atoms with Crippen molar-refractivity contribution in [2.24, 2.45) is 5.73 Å². The summed E-state index contributed by atoms with van der Waals surface area (Å²) in [5.74, 6) is 1.05. The topological polar surface area (TPSA) is 56.7 Å². The Morgan fingerprint density at radius 2 is 2.00 bits per heavy atom. The lowest BCUT2D eigenvalue weighted by molar-refractivity contribution is 0.600. The van der Waals surface area contributed by atoms with Crippen molar-refractivity contribution in [1.82, 2.24) is 14.5 Å². The van der Waals surface area contributed by atoms with Crippen molar-refractivity contribution in [3.63, 3.8) is 0 Å². The van der Waals surface area contributed by atoms with Crippen LogP contribution in [0, 0.1) is 0 Å². The zero-order valence-corrected chi connectivity index (χ0v) is 12.2. The molecule has 0 bridgehead atoms. The van der Waals surface area contributed by atoms with E-state index in [-0.39, 0.29) is 6.04 Å². The zero-order valence-electron chi connectivity index (χ0n) is 12.2. The molecule has 1 aromatic carbocycles. The molecule has 0 spiro atoms. The quantitative estimate of drug-likeness (QED) is 0.781. The van der Waals surface area contributed by atoms with Gasteiger partial charge in [0, 0.05) is 43.0 Å². The van der Waals surface area contributed by atoms with Gasteiger partial charge in [-0.3, -0.25) is 4.98 Å². The smallest absolute Gasteiger partial charge is 0.110 e. The molecule has 3 rings (SSSR count). The number of hydrogen-bond acceptors (Lipinski definition) is 3. The molecule has 1 atom stereocenters. The maximum atomic E-state index is 6.44. The number of hydrogen-bond donors (Lipinski definition) is 1. The standard InChI is InChI=1S/C17H20N4/c1-2-10-21-11-9-20-17(21)12-15(18)13-7-8-19-16-6-4-3-5-14(13)16/h3-9,11,15H,2,10,12,18H2,1H3. The first-order chi connectivity index (χ1) is 10.3. The van der Waals surface area contributed by atoms with E-state index >= 15 is 0 Å². The van der Waals surface area contributed by atoms with Gasteiger partial charge >= 0.3 is 0 Å². The highest BCUT2D eigenvalue weighted by Gasteiger charge is 2.13. The maximum absolute atomic E-state index is 6.44. The monoisotopic (exact) mass is 280 g/mol. The molecule has 2 aromatic heterocycles. The first kappa shape index (κ1) is 13.8. The van der Waals surface area contributed by atoms with Crippen LogP contribution in [-0.4, -0.2) is 14.5 Å². The number of pyridine rings is 1. The summed E-state index contributed by atoms with van der Waals surface area (Å²) in [6.45, 7) is 3.15. The van der Waals surface area contributed by atoms with Gasteiger partial charge in [0.15, 0.2) is 0 Å². The van der Waals surface area contributed by atoms with E-state index < -0.39 is 0 Å². The van der Waals surface area contributed by atoms with E-state index in [0.717, 1.165) is 41.7 Å². The minimum atomic E-state index is -0.0732. The van der Waals surface area contributed by atoms with Crippen LogP contribution in [-0.2, 0) is 13.0 Å². The number of fused-ring (bicyclic) bond motifs is 1. The Balaban J connectivity index is 1.90. The molecule has 1 unspecified atom stereocenters. The van der Waals surface area contributed by atoms with Gasteiger partial charge in [0.1, 0.15) is 5.82 Å². The summed E-state index contributed by atoms with van der Waals surface area (Å²) in [5.41, 5.74) is 8.56. The van der Waals surface area contributed by atoms with Crippen LogP contribution in [0.3, 0.4) is 0 Å². The summed E-state index contributed by atoms with van der Waals surface area (Å²) in [6, 6.07) is 10.1. The molecule has 0 fully saturated rings. The predicted molar refractivity (Wildman–Crippen MR) is 84.9 cm³/mol. The molecule has 2 heterocycles. The van der Waals surface area contributed by atoms with E-state index in [0.29, 0.717) is 0 Å². The Labute approximate surface area is 124 Å². The van der Waals surface area contributed by atoms with Gasteiger partial charge in [0.05, 0.1) is 5.52 Å². The van der Waals surface area contributed by atoms with Crippen LogP contribution in [0.5, 0.6) is 0 Å². The van der Waals surface area contributed by atoms with Gasteiger partial charge in [-0.15, -0.1) is 0 Å². The van der Waals surface area contributed by atoms with E-state index in [9.17, 15) is 0 Å². The molecule has 0 aliphatic carbocycles. The number of benzene rings is 1. The number of rotatable bonds is 5. The average molecular weight is 280 g/mol. The van der Waals surface area contributed by atoms with Crippen LogP contribution >= 0.6 is 0 Å². The molecule has 0 saturated heterocycles. The molecule has 0 radical (unpaired) electrons. The molecule has 3 aromatic rings. The Morgan fingerprint density at radius 3 is 2.86 bits per heavy atom. The first-order valence-electron chi connectivity index (χ1n) is 7.39. The number of nitrogens with zero attached hydrogens (tertiary/aromatic N) is 3. The van der Waals surface area contributed by atoms with Gasteiger partial charge in [-0.25, -0.2) is 4.98 Å². The van der Waals surface area contributed by atoms with Gasteiger partial charge in [-0.2, -0.15) is 0 Å². The number of aromatic nitrogens is 3. The zero-order chi connectivity index (χ0) is 14.7. The summed E-state index contributed by atoms with van der Waals surface area (Å²) >= 11 is 0. The van der Waals surface area contributed by atoms with Crippen molar-refractivity contribution < 1.29 is 0 Å². The molecule has 2 N–H and O–H groups in total. The van der Waals surface area contributed by atoms with Crippen LogP contribution in [0.25, 0.3) is 10.9 Å². The molecule has 21 heavy (non-hydrogen) atoms. The minimum absolute atomic E-state index is 0.0732. The highest BCUT2D eigenvalue weighted by molar-refractivity contribution is 5.82. The fourth-order valence-corrected chi connectivity index (χ4v) is 2.72. The Morgan fingerprint density at radius 1 is 1.14 bits per heavy atom. The number of imidazole rings is 1. The number of aryl methyl sites for hydroxylation is 1. The molecule has 0 amide bonds. The second kappa shape index (κ2) is 6.06. The van der Waals surface area contributed by atoms with Crippen molar-refractivity contribution in [3.8, 4) is 0 Å². The maximum Gasteiger partial charge on any atom is 0.110 e. The molecule has 4 heteroatoms. The third-order valence-electron chi connectivity index (χ3n) is 3.75. The van der Waals surface area contributed by atoms with E-state index in [1.54, 1.807) is 0 Å². The van der Waals surface area contributed by atoms with Gasteiger partial charge in [0.2, 0.25) is 0 Å². The molecule has 0 saturated carbocycles. The average Bonchev–Trinajstić information content (AvgIpc) is 2.94. The summed E-state index contributed by atoms with van der Waals surface area (Å²) in [6.07, 6.45) is 7.53. The largest absolute Gasteiger partial charge is 0.335 e. The lowest BCUT2D eigenvalue weighted by atomic mass is 10.00.